The van der Waals surface area contributed by atoms with Gasteiger partial charge in [0.15, 0.2) is 0 Å². The largest absolute Gasteiger partial charge is 0.416 e. The number of aryl methyl sites for hydroxylation is 1. The molecule has 2 amide bonds. The van der Waals surface area contributed by atoms with E-state index in [4.69, 9.17) is 0 Å². The molecule has 0 aliphatic heterocycles. The highest BCUT2D eigenvalue weighted by Gasteiger charge is 2.32. The fraction of sp³-hybridized carbons (Fsp3) is 0.214. The minimum Gasteiger partial charge on any atom is -0.326 e. The van der Waals surface area contributed by atoms with Gasteiger partial charge in [-0.25, -0.2) is 0 Å². The third-order valence-electron chi connectivity index (χ3n) is 2.71. The normalized spacial score (nSPS) is 11.2. The van der Waals surface area contributed by atoms with E-state index < -0.39 is 23.6 Å². The number of halogens is 3. The van der Waals surface area contributed by atoms with Gasteiger partial charge in [-0.2, -0.15) is 17.5 Å². The summed E-state index contributed by atoms with van der Waals surface area (Å²) in [5.74, 6) is -1.25. The van der Waals surface area contributed by atoms with Gasteiger partial charge < -0.3 is 10.6 Å². The second kappa shape index (κ2) is 6.37. The molecule has 0 bridgehead atoms. The molecule has 0 spiro atoms. The quantitative estimate of drug-likeness (QED) is 0.893. The van der Waals surface area contributed by atoms with Crippen LogP contribution >= 0.6 is 11.5 Å². The lowest BCUT2D eigenvalue weighted by Crippen LogP contribution is -2.15. The van der Waals surface area contributed by atoms with Crippen LogP contribution in [0.2, 0.25) is 0 Å². The first-order valence-corrected chi connectivity index (χ1v) is 7.17. The molecule has 1 heterocycles. The van der Waals surface area contributed by atoms with Crippen LogP contribution in [0, 0.1) is 6.92 Å². The van der Waals surface area contributed by atoms with Crippen LogP contribution in [0.5, 0.6) is 0 Å². The number of anilines is 2. The lowest BCUT2D eigenvalue weighted by atomic mass is 10.1. The number of hydrogen-bond donors (Lipinski definition) is 2. The fourth-order valence-corrected chi connectivity index (χ4v) is 2.46. The molecule has 1 aromatic heterocycles. The molecule has 2 rings (SSSR count). The molecule has 0 fully saturated rings. The van der Waals surface area contributed by atoms with Crippen molar-refractivity contribution < 1.29 is 22.8 Å². The van der Waals surface area contributed by atoms with Crippen LogP contribution in [-0.2, 0) is 11.0 Å². The highest BCUT2D eigenvalue weighted by Crippen LogP contribution is 2.32. The van der Waals surface area contributed by atoms with Gasteiger partial charge in [-0.05, 0) is 42.7 Å². The molecule has 5 nitrogen and oxygen atoms in total. The van der Waals surface area contributed by atoms with Gasteiger partial charge in [0.2, 0.25) is 5.91 Å². The van der Waals surface area contributed by atoms with E-state index in [1.165, 1.54) is 13.0 Å². The van der Waals surface area contributed by atoms with Crippen molar-refractivity contribution in [2.24, 2.45) is 0 Å². The van der Waals surface area contributed by atoms with E-state index in [9.17, 15) is 22.8 Å². The van der Waals surface area contributed by atoms with E-state index in [0.29, 0.717) is 10.7 Å². The molecule has 0 aliphatic rings. The molecule has 0 radical (unpaired) electrons. The Morgan fingerprint density at radius 2 is 1.83 bits per heavy atom. The predicted molar refractivity (Wildman–Crippen MR) is 80.6 cm³/mol. The SMILES string of the molecule is CC(=O)Nc1cc(C(=O)Nc2cc(C)ns2)cc(C(F)(F)F)c1. The molecule has 23 heavy (non-hydrogen) atoms. The highest BCUT2D eigenvalue weighted by atomic mass is 32.1. The van der Waals surface area contributed by atoms with Crippen LogP contribution in [0.15, 0.2) is 24.3 Å². The lowest BCUT2D eigenvalue weighted by Gasteiger charge is -2.12. The van der Waals surface area contributed by atoms with Crippen molar-refractivity contribution >= 4 is 34.0 Å². The fourth-order valence-electron chi connectivity index (χ4n) is 1.80. The number of benzene rings is 1. The van der Waals surface area contributed by atoms with Gasteiger partial charge in [-0.3, -0.25) is 9.59 Å². The van der Waals surface area contributed by atoms with E-state index in [1.54, 1.807) is 13.0 Å². The summed E-state index contributed by atoms with van der Waals surface area (Å²) in [6.45, 7) is 2.89. The van der Waals surface area contributed by atoms with Gasteiger partial charge in [0.1, 0.15) is 5.00 Å². The zero-order valence-corrected chi connectivity index (χ0v) is 12.9. The van der Waals surface area contributed by atoms with Gasteiger partial charge in [-0.15, -0.1) is 0 Å². The smallest absolute Gasteiger partial charge is 0.326 e. The Labute approximate surface area is 133 Å². The summed E-state index contributed by atoms with van der Waals surface area (Å²) in [4.78, 5) is 23.2. The van der Waals surface area contributed by atoms with Gasteiger partial charge in [-0.1, -0.05) is 0 Å². The molecule has 0 unspecified atom stereocenters. The summed E-state index contributed by atoms with van der Waals surface area (Å²) >= 11 is 1.02. The van der Waals surface area contributed by atoms with Gasteiger partial charge in [0.25, 0.3) is 5.91 Å². The second-order valence-corrected chi connectivity index (χ2v) is 5.57. The Bertz CT molecular complexity index is 756. The molecule has 9 heteroatoms. The number of carbonyl (C=O) groups excluding carboxylic acids is 2. The van der Waals surface area contributed by atoms with Crippen LogP contribution < -0.4 is 10.6 Å². The minimum absolute atomic E-state index is 0.0991. The Kier molecular flexibility index (Phi) is 4.69. The molecule has 0 aliphatic carbocycles. The van der Waals surface area contributed by atoms with Crippen LogP contribution in [0.1, 0.15) is 28.5 Å². The number of carbonyl (C=O) groups is 2. The molecular weight excluding hydrogens is 331 g/mol. The summed E-state index contributed by atoms with van der Waals surface area (Å²) in [6, 6.07) is 4.29. The van der Waals surface area contributed by atoms with Crippen LogP contribution in [-0.4, -0.2) is 16.2 Å². The number of rotatable bonds is 3. The van der Waals surface area contributed by atoms with Gasteiger partial charge in [0.05, 0.1) is 11.3 Å². The molecule has 0 atom stereocenters. The molecule has 2 N–H and O–H groups in total. The third kappa shape index (κ3) is 4.52. The Morgan fingerprint density at radius 3 is 2.35 bits per heavy atom. The number of amides is 2. The summed E-state index contributed by atoms with van der Waals surface area (Å²) < 4.78 is 42.7. The van der Waals surface area contributed by atoms with Crippen molar-refractivity contribution in [3.8, 4) is 0 Å². The van der Waals surface area contributed by atoms with E-state index in [0.717, 1.165) is 23.7 Å². The first-order valence-electron chi connectivity index (χ1n) is 6.39. The summed E-state index contributed by atoms with van der Waals surface area (Å²) in [5, 5.41) is 5.15. The van der Waals surface area contributed by atoms with Gasteiger partial charge >= 0.3 is 6.18 Å². The maximum absolute atomic E-state index is 12.9. The second-order valence-electron chi connectivity index (χ2n) is 4.76. The van der Waals surface area contributed by atoms with Crippen molar-refractivity contribution in [3.63, 3.8) is 0 Å². The van der Waals surface area contributed by atoms with Crippen molar-refractivity contribution in [1.82, 2.24) is 4.37 Å². The monoisotopic (exact) mass is 343 g/mol. The molecule has 1 aromatic carbocycles. The lowest BCUT2D eigenvalue weighted by molar-refractivity contribution is -0.137. The van der Waals surface area contributed by atoms with Crippen molar-refractivity contribution in [2.45, 2.75) is 20.0 Å². The zero-order chi connectivity index (χ0) is 17.2. The van der Waals surface area contributed by atoms with Crippen LogP contribution in [0.25, 0.3) is 0 Å². The number of hydrogen-bond acceptors (Lipinski definition) is 4. The first kappa shape index (κ1) is 16.9. The van der Waals surface area contributed by atoms with E-state index >= 15 is 0 Å². The Morgan fingerprint density at radius 1 is 1.13 bits per heavy atom. The van der Waals surface area contributed by atoms with Crippen molar-refractivity contribution in [2.75, 3.05) is 10.6 Å². The first-order chi connectivity index (χ1) is 10.6. The molecule has 122 valence electrons. The zero-order valence-electron chi connectivity index (χ0n) is 12.1. The number of alkyl halides is 3. The molecule has 0 saturated carbocycles. The molecular formula is C14H12F3N3O2S. The standard InChI is InChI=1S/C14H12F3N3O2S/c1-7-3-12(23-20-7)19-13(22)9-4-10(14(15,16)17)6-11(5-9)18-8(2)21/h3-6H,1-2H3,(H,18,21)(H,19,22). The molecule has 0 saturated heterocycles. The Balaban J connectivity index is 2.35. The summed E-state index contributed by atoms with van der Waals surface area (Å²) in [7, 11) is 0. The van der Waals surface area contributed by atoms with Crippen LogP contribution in [0.4, 0.5) is 23.9 Å². The minimum atomic E-state index is -4.63. The third-order valence-corrected chi connectivity index (χ3v) is 3.50. The number of nitrogens with one attached hydrogen (secondary N) is 2. The van der Waals surface area contributed by atoms with Crippen molar-refractivity contribution in [1.29, 1.82) is 0 Å². The molecule has 2 aromatic rings. The number of nitrogens with zero attached hydrogens (tertiary/aromatic N) is 1. The predicted octanol–water partition coefficient (Wildman–Crippen LogP) is 3.68. The van der Waals surface area contributed by atoms with E-state index in [1.807, 2.05) is 0 Å². The number of aromatic nitrogens is 1. The van der Waals surface area contributed by atoms with E-state index in [2.05, 4.69) is 15.0 Å². The topological polar surface area (TPSA) is 71.1 Å². The van der Waals surface area contributed by atoms with Gasteiger partial charge in [0, 0.05) is 18.2 Å². The summed E-state index contributed by atoms with van der Waals surface area (Å²) in [6.07, 6.45) is -4.63. The average molecular weight is 343 g/mol. The maximum atomic E-state index is 12.9. The van der Waals surface area contributed by atoms with Crippen molar-refractivity contribution in [3.05, 3.63) is 41.1 Å². The average Bonchev–Trinajstić information content (AvgIpc) is 2.82. The van der Waals surface area contributed by atoms with E-state index in [-0.39, 0.29) is 11.3 Å². The highest BCUT2D eigenvalue weighted by molar-refractivity contribution is 7.10. The van der Waals surface area contributed by atoms with Crippen LogP contribution in [0.3, 0.4) is 0 Å². The summed E-state index contributed by atoms with van der Waals surface area (Å²) in [5.41, 5.74) is -0.643. The maximum Gasteiger partial charge on any atom is 0.416 e. The Hall–Kier alpha value is -2.42.